The van der Waals surface area contributed by atoms with Crippen LogP contribution in [0.15, 0.2) is 12.1 Å². The number of aryl methyl sites for hydroxylation is 1. The minimum Gasteiger partial charge on any atom is -0.508 e. The van der Waals surface area contributed by atoms with Gasteiger partial charge in [0, 0.05) is 17.4 Å². The standard InChI is InChI=1S/C19H24O2/c1-11-3-7-16(20)18-12(11)4-5-13-14(18)9-10-19(2)15(13)6-8-17(19)21/h3,7,13-15,20H,4-6,8-10H2,1-2H3/t13-,14+,15-,19+/m0/s1. The van der Waals surface area contributed by atoms with Gasteiger partial charge < -0.3 is 5.11 Å². The zero-order valence-electron chi connectivity index (χ0n) is 13.0. The molecule has 3 aliphatic rings. The molecule has 112 valence electrons. The quantitative estimate of drug-likeness (QED) is 0.778. The number of carbonyl (C=O) groups is 1. The third kappa shape index (κ3) is 1.68. The Bertz CT molecular complexity index is 618. The lowest BCUT2D eigenvalue weighted by molar-refractivity contribution is -0.129. The molecule has 2 heteroatoms. The Balaban J connectivity index is 1.79. The predicted octanol–water partition coefficient (Wildman–Crippen LogP) is 4.13. The molecule has 0 aromatic heterocycles. The van der Waals surface area contributed by atoms with Gasteiger partial charge in [-0.05, 0) is 74.0 Å². The molecule has 0 saturated heterocycles. The van der Waals surface area contributed by atoms with Crippen molar-refractivity contribution in [1.82, 2.24) is 0 Å². The van der Waals surface area contributed by atoms with Crippen LogP contribution in [-0.4, -0.2) is 10.9 Å². The lowest BCUT2D eigenvalue weighted by atomic mass is 9.55. The summed E-state index contributed by atoms with van der Waals surface area (Å²) in [6.07, 6.45) is 6.17. The molecule has 2 nitrogen and oxygen atoms in total. The molecule has 3 aliphatic carbocycles. The first-order valence-electron chi connectivity index (χ1n) is 8.37. The first kappa shape index (κ1) is 13.4. The summed E-state index contributed by atoms with van der Waals surface area (Å²) in [5, 5.41) is 10.4. The van der Waals surface area contributed by atoms with E-state index in [2.05, 4.69) is 13.8 Å². The molecular weight excluding hydrogens is 260 g/mol. The van der Waals surface area contributed by atoms with Gasteiger partial charge in [0.1, 0.15) is 11.5 Å². The highest BCUT2D eigenvalue weighted by Gasteiger charge is 2.54. The van der Waals surface area contributed by atoms with Crippen molar-refractivity contribution >= 4 is 5.78 Å². The smallest absolute Gasteiger partial charge is 0.139 e. The molecule has 0 aliphatic heterocycles. The van der Waals surface area contributed by atoms with Crippen LogP contribution < -0.4 is 0 Å². The molecule has 0 bridgehead atoms. The maximum atomic E-state index is 12.3. The molecule has 4 atom stereocenters. The van der Waals surface area contributed by atoms with Gasteiger partial charge in [0.25, 0.3) is 0 Å². The zero-order valence-corrected chi connectivity index (χ0v) is 13.0. The maximum Gasteiger partial charge on any atom is 0.139 e. The first-order valence-corrected chi connectivity index (χ1v) is 8.37. The van der Waals surface area contributed by atoms with E-state index in [1.54, 1.807) is 0 Å². The van der Waals surface area contributed by atoms with Crippen molar-refractivity contribution < 1.29 is 9.90 Å². The lowest BCUT2D eigenvalue weighted by Gasteiger charge is -2.48. The normalized spacial score (nSPS) is 37.8. The fourth-order valence-corrected chi connectivity index (χ4v) is 5.64. The zero-order chi connectivity index (χ0) is 14.8. The summed E-state index contributed by atoms with van der Waals surface area (Å²) < 4.78 is 0. The molecular formula is C19H24O2. The van der Waals surface area contributed by atoms with Gasteiger partial charge in [0.05, 0.1) is 0 Å². The average Bonchev–Trinajstić information content (AvgIpc) is 2.78. The summed E-state index contributed by atoms with van der Waals surface area (Å²) in [6.45, 7) is 4.36. The molecule has 0 amide bonds. The molecule has 0 unspecified atom stereocenters. The second-order valence-electron chi connectivity index (χ2n) is 7.63. The van der Waals surface area contributed by atoms with Crippen LogP contribution in [0.2, 0.25) is 0 Å². The minimum atomic E-state index is -0.0713. The van der Waals surface area contributed by atoms with E-state index in [0.29, 0.717) is 29.3 Å². The Hall–Kier alpha value is -1.31. The Morgan fingerprint density at radius 1 is 1.19 bits per heavy atom. The Morgan fingerprint density at radius 3 is 2.81 bits per heavy atom. The molecule has 1 aromatic rings. The Labute approximate surface area is 126 Å². The van der Waals surface area contributed by atoms with E-state index >= 15 is 0 Å². The summed E-state index contributed by atoms with van der Waals surface area (Å²) in [5.41, 5.74) is 3.84. The van der Waals surface area contributed by atoms with E-state index in [9.17, 15) is 9.90 Å². The van der Waals surface area contributed by atoms with Crippen molar-refractivity contribution in [1.29, 1.82) is 0 Å². The van der Waals surface area contributed by atoms with E-state index in [1.165, 1.54) is 23.1 Å². The van der Waals surface area contributed by atoms with Crippen molar-refractivity contribution in [3.63, 3.8) is 0 Å². The van der Waals surface area contributed by atoms with E-state index < -0.39 is 0 Å². The van der Waals surface area contributed by atoms with Gasteiger partial charge in [-0.25, -0.2) is 0 Å². The lowest BCUT2D eigenvalue weighted by Crippen LogP contribution is -2.42. The molecule has 2 fully saturated rings. The number of phenolic OH excluding ortho intramolecular Hbond substituents is 1. The van der Waals surface area contributed by atoms with Crippen LogP contribution in [0.1, 0.15) is 61.6 Å². The van der Waals surface area contributed by atoms with E-state index in [0.717, 1.165) is 32.1 Å². The number of rotatable bonds is 0. The summed E-state index contributed by atoms with van der Waals surface area (Å²) in [6, 6.07) is 3.91. The molecule has 2 saturated carbocycles. The second kappa shape index (κ2) is 4.34. The Kier molecular flexibility index (Phi) is 2.76. The number of fused-ring (bicyclic) bond motifs is 5. The van der Waals surface area contributed by atoms with Crippen LogP contribution in [0.5, 0.6) is 5.75 Å². The summed E-state index contributed by atoms with van der Waals surface area (Å²) in [7, 11) is 0. The van der Waals surface area contributed by atoms with Crippen LogP contribution in [0.4, 0.5) is 0 Å². The van der Waals surface area contributed by atoms with Gasteiger partial charge in [0.15, 0.2) is 0 Å². The van der Waals surface area contributed by atoms with Crippen LogP contribution in [0.25, 0.3) is 0 Å². The van der Waals surface area contributed by atoms with Crippen LogP contribution in [-0.2, 0) is 11.2 Å². The minimum absolute atomic E-state index is 0.0713. The van der Waals surface area contributed by atoms with Gasteiger partial charge in [-0.1, -0.05) is 13.0 Å². The van der Waals surface area contributed by atoms with E-state index in [4.69, 9.17) is 0 Å². The van der Waals surface area contributed by atoms with Crippen LogP contribution in [0.3, 0.4) is 0 Å². The topological polar surface area (TPSA) is 37.3 Å². The third-order valence-corrected chi connectivity index (χ3v) is 6.81. The Morgan fingerprint density at radius 2 is 2.00 bits per heavy atom. The number of hydrogen-bond acceptors (Lipinski definition) is 2. The van der Waals surface area contributed by atoms with Crippen molar-refractivity contribution in [2.75, 3.05) is 0 Å². The first-order chi connectivity index (χ1) is 10.0. The summed E-state index contributed by atoms with van der Waals surface area (Å²) in [5.74, 6) is 2.58. The number of Topliss-reactive ketones (excluding diaryl/α,β-unsaturated/α-hetero) is 1. The SMILES string of the molecule is Cc1ccc(O)c2c1CC[C@H]1[C@H]2CC[C@@]2(C)C(=O)CC[C@@H]12. The highest BCUT2D eigenvalue weighted by Crippen LogP contribution is 2.60. The number of carbonyl (C=O) groups excluding carboxylic acids is 1. The number of aromatic hydroxyl groups is 1. The molecule has 1 aromatic carbocycles. The monoisotopic (exact) mass is 284 g/mol. The summed E-state index contributed by atoms with van der Waals surface area (Å²) >= 11 is 0. The summed E-state index contributed by atoms with van der Waals surface area (Å²) in [4.78, 5) is 12.3. The fraction of sp³-hybridized carbons (Fsp3) is 0.632. The number of hydrogen-bond donors (Lipinski definition) is 1. The molecule has 21 heavy (non-hydrogen) atoms. The average molecular weight is 284 g/mol. The van der Waals surface area contributed by atoms with Gasteiger partial charge >= 0.3 is 0 Å². The van der Waals surface area contributed by atoms with Crippen LogP contribution >= 0.6 is 0 Å². The van der Waals surface area contributed by atoms with Gasteiger partial charge in [-0.2, -0.15) is 0 Å². The fourth-order valence-electron chi connectivity index (χ4n) is 5.64. The van der Waals surface area contributed by atoms with Crippen molar-refractivity contribution in [2.45, 2.75) is 58.3 Å². The number of ketones is 1. The molecule has 0 spiro atoms. The van der Waals surface area contributed by atoms with Gasteiger partial charge in [-0.15, -0.1) is 0 Å². The number of phenols is 1. The highest BCUT2D eigenvalue weighted by molar-refractivity contribution is 5.87. The van der Waals surface area contributed by atoms with Crippen LogP contribution in [0, 0.1) is 24.2 Å². The van der Waals surface area contributed by atoms with Crippen molar-refractivity contribution in [2.24, 2.45) is 17.3 Å². The van der Waals surface area contributed by atoms with Gasteiger partial charge in [-0.3, -0.25) is 4.79 Å². The second-order valence-corrected chi connectivity index (χ2v) is 7.63. The van der Waals surface area contributed by atoms with Crippen molar-refractivity contribution in [3.8, 4) is 5.75 Å². The molecule has 1 N–H and O–H groups in total. The van der Waals surface area contributed by atoms with E-state index in [-0.39, 0.29) is 5.41 Å². The maximum absolute atomic E-state index is 12.3. The predicted molar refractivity (Wildman–Crippen MR) is 82.5 cm³/mol. The number of benzene rings is 1. The largest absolute Gasteiger partial charge is 0.508 e. The van der Waals surface area contributed by atoms with Gasteiger partial charge in [0.2, 0.25) is 0 Å². The van der Waals surface area contributed by atoms with E-state index in [1.807, 2.05) is 12.1 Å². The third-order valence-electron chi connectivity index (χ3n) is 6.81. The molecule has 0 radical (unpaired) electrons. The van der Waals surface area contributed by atoms with Crippen molar-refractivity contribution in [3.05, 3.63) is 28.8 Å². The molecule has 0 heterocycles. The highest BCUT2D eigenvalue weighted by atomic mass is 16.3. The molecule has 4 rings (SSSR count).